The molecule has 0 radical (unpaired) electrons. The van der Waals surface area contributed by atoms with Crippen molar-refractivity contribution < 1.29 is 9.53 Å². The first-order chi connectivity index (χ1) is 10.5. The molecule has 1 N–H and O–H groups in total. The zero-order valence-electron chi connectivity index (χ0n) is 12.5. The molecule has 0 saturated heterocycles. The van der Waals surface area contributed by atoms with Crippen LogP contribution in [0.25, 0.3) is 0 Å². The lowest BCUT2D eigenvalue weighted by Gasteiger charge is -2.12. The van der Waals surface area contributed by atoms with Crippen LogP contribution in [0.2, 0.25) is 5.02 Å². The van der Waals surface area contributed by atoms with Crippen molar-refractivity contribution in [2.75, 3.05) is 26.0 Å². The molecule has 1 amide bonds. The van der Waals surface area contributed by atoms with Crippen molar-refractivity contribution in [2.24, 2.45) is 0 Å². The fourth-order valence-corrected chi connectivity index (χ4v) is 1.87. The van der Waals surface area contributed by atoms with Crippen molar-refractivity contribution in [1.82, 2.24) is 9.88 Å². The molecule has 0 unspecified atom stereocenters. The number of anilines is 1. The molecule has 0 spiro atoms. The highest BCUT2D eigenvalue weighted by Crippen LogP contribution is 2.16. The molecule has 0 fully saturated rings. The van der Waals surface area contributed by atoms with Gasteiger partial charge in [0.05, 0.1) is 0 Å². The quantitative estimate of drug-likeness (QED) is 0.889. The molecule has 0 aliphatic carbocycles. The summed E-state index contributed by atoms with van der Waals surface area (Å²) >= 11 is 5.91. The smallest absolute Gasteiger partial charge is 0.259 e. The second-order valence-corrected chi connectivity index (χ2v) is 5.37. The molecule has 2 rings (SSSR count). The summed E-state index contributed by atoms with van der Waals surface area (Å²) in [5, 5.41) is 3.82. The van der Waals surface area contributed by atoms with Gasteiger partial charge in [-0.25, -0.2) is 4.98 Å². The Morgan fingerprint density at radius 2 is 2.14 bits per heavy atom. The topological polar surface area (TPSA) is 54.5 Å². The number of amides is 1. The van der Waals surface area contributed by atoms with Gasteiger partial charge in [0.2, 0.25) is 0 Å². The van der Waals surface area contributed by atoms with Crippen LogP contribution < -0.4 is 10.1 Å². The van der Waals surface area contributed by atoms with Gasteiger partial charge in [-0.05, 0) is 29.8 Å². The summed E-state index contributed by atoms with van der Waals surface area (Å²) < 4.78 is 5.49. The van der Waals surface area contributed by atoms with E-state index in [4.69, 9.17) is 16.3 Å². The highest BCUT2D eigenvalue weighted by Gasteiger charge is 2.05. The molecule has 6 heteroatoms. The average Bonchev–Trinajstić information content (AvgIpc) is 2.51. The summed E-state index contributed by atoms with van der Waals surface area (Å²) in [5.74, 6) is 1.29. The van der Waals surface area contributed by atoms with Crippen LogP contribution in [-0.4, -0.2) is 36.5 Å². The fourth-order valence-electron chi connectivity index (χ4n) is 1.71. The molecular weight excluding hydrogens is 302 g/mol. The second-order valence-electron chi connectivity index (χ2n) is 4.94. The van der Waals surface area contributed by atoms with Crippen LogP contribution in [0.3, 0.4) is 0 Å². The highest BCUT2D eigenvalue weighted by molar-refractivity contribution is 6.30. The molecule has 0 bridgehead atoms. The first-order valence-electron chi connectivity index (χ1n) is 6.82. The molecule has 0 saturated carbocycles. The summed E-state index contributed by atoms with van der Waals surface area (Å²) in [4.78, 5) is 17.2. The minimum Gasteiger partial charge on any atom is -0.484 e. The summed E-state index contributed by atoms with van der Waals surface area (Å²) in [5.41, 5.74) is 1.02. The van der Waals surface area contributed by atoms with E-state index in [1.807, 2.05) is 24.3 Å². The van der Waals surface area contributed by atoms with Gasteiger partial charge in [-0.15, -0.1) is 0 Å². The standard InChI is InChI=1S/C16H18ClN3O2/c1-20(2)16(21)11-22-14-5-3-4-12(8-14)10-19-15-9-13(17)6-7-18-15/h3-9H,10-11H2,1-2H3,(H,18,19). The first-order valence-corrected chi connectivity index (χ1v) is 7.20. The Morgan fingerprint density at radius 3 is 2.86 bits per heavy atom. The molecule has 1 aromatic carbocycles. The average molecular weight is 320 g/mol. The minimum absolute atomic E-state index is 0.0275. The largest absolute Gasteiger partial charge is 0.484 e. The molecule has 5 nitrogen and oxygen atoms in total. The predicted octanol–water partition coefficient (Wildman–Crippen LogP) is 2.81. The van der Waals surface area contributed by atoms with E-state index in [1.54, 1.807) is 32.4 Å². The number of nitrogens with zero attached hydrogens (tertiary/aromatic N) is 2. The van der Waals surface area contributed by atoms with Gasteiger partial charge in [-0.3, -0.25) is 4.79 Å². The third-order valence-corrected chi connectivity index (χ3v) is 3.19. The molecule has 0 aliphatic heterocycles. The van der Waals surface area contributed by atoms with Gasteiger partial charge in [0.1, 0.15) is 11.6 Å². The Bertz CT molecular complexity index is 647. The number of benzene rings is 1. The number of pyridine rings is 1. The van der Waals surface area contributed by atoms with E-state index >= 15 is 0 Å². The van der Waals surface area contributed by atoms with E-state index in [9.17, 15) is 4.79 Å². The third kappa shape index (κ3) is 4.93. The van der Waals surface area contributed by atoms with Crippen molar-refractivity contribution in [3.05, 3.63) is 53.2 Å². The number of ether oxygens (including phenoxy) is 1. The number of hydrogen-bond acceptors (Lipinski definition) is 4. The van der Waals surface area contributed by atoms with E-state index in [0.29, 0.717) is 23.1 Å². The van der Waals surface area contributed by atoms with Crippen LogP contribution in [0.4, 0.5) is 5.82 Å². The number of likely N-dealkylation sites (N-methyl/N-ethyl adjacent to an activating group) is 1. The van der Waals surface area contributed by atoms with E-state index in [2.05, 4.69) is 10.3 Å². The summed E-state index contributed by atoms with van der Waals surface area (Å²) in [6.07, 6.45) is 1.65. The van der Waals surface area contributed by atoms with Crippen LogP contribution in [0.1, 0.15) is 5.56 Å². The Labute approximate surface area is 134 Å². The number of nitrogens with one attached hydrogen (secondary N) is 1. The maximum atomic E-state index is 11.5. The summed E-state index contributed by atoms with van der Waals surface area (Å²) in [6.45, 7) is 0.617. The first kappa shape index (κ1) is 16.1. The highest BCUT2D eigenvalue weighted by atomic mass is 35.5. The van der Waals surface area contributed by atoms with E-state index in [1.165, 1.54) is 4.90 Å². The van der Waals surface area contributed by atoms with E-state index in [-0.39, 0.29) is 12.5 Å². The zero-order valence-corrected chi connectivity index (χ0v) is 13.3. The van der Waals surface area contributed by atoms with E-state index < -0.39 is 0 Å². The van der Waals surface area contributed by atoms with Crippen LogP contribution >= 0.6 is 11.6 Å². The Balaban J connectivity index is 1.92. The number of aromatic nitrogens is 1. The van der Waals surface area contributed by atoms with E-state index in [0.717, 1.165) is 5.56 Å². The Kier molecular flexibility index (Phi) is 5.61. The lowest BCUT2D eigenvalue weighted by molar-refractivity contribution is -0.130. The van der Waals surface area contributed by atoms with Crippen LogP contribution in [0.15, 0.2) is 42.6 Å². The second kappa shape index (κ2) is 7.66. The fraction of sp³-hybridized carbons (Fsp3) is 0.250. The van der Waals surface area contributed by atoms with Gasteiger partial charge in [-0.2, -0.15) is 0 Å². The number of carbonyl (C=O) groups is 1. The molecule has 1 aromatic heterocycles. The van der Waals surface area contributed by atoms with Crippen LogP contribution in [0, 0.1) is 0 Å². The molecular formula is C16H18ClN3O2. The van der Waals surface area contributed by atoms with Gasteiger partial charge >= 0.3 is 0 Å². The molecule has 22 heavy (non-hydrogen) atoms. The van der Waals surface area contributed by atoms with Gasteiger partial charge in [-0.1, -0.05) is 23.7 Å². The SMILES string of the molecule is CN(C)C(=O)COc1cccc(CNc2cc(Cl)ccn2)c1. The Hall–Kier alpha value is -2.27. The summed E-state index contributed by atoms with van der Waals surface area (Å²) in [7, 11) is 3.40. The monoisotopic (exact) mass is 319 g/mol. The normalized spacial score (nSPS) is 10.1. The van der Waals surface area contributed by atoms with Crippen molar-refractivity contribution in [3.63, 3.8) is 0 Å². The number of hydrogen-bond donors (Lipinski definition) is 1. The maximum absolute atomic E-state index is 11.5. The van der Waals surface area contributed by atoms with Crippen molar-refractivity contribution in [2.45, 2.75) is 6.54 Å². The molecule has 0 aliphatic rings. The van der Waals surface area contributed by atoms with Gasteiger partial charge in [0, 0.05) is 31.9 Å². The van der Waals surface area contributed by atoms with Gasteiger partial charge < -0.3 is 15.0 Å². The van der Waals surface area contributed by atoms with Crippen LogP contribution in [0.5, 0.6) is 5.75 Å². The van der Waals surface area contributed by atoms with Crippen molar-refractivity contribution in [3.8, 4) is 5.75 Å². The molecule has 1 heterocycles. The lowest BCUT2D eigenvalue weighted by Crippen LogP contribution is -2.27. The van der Waals surface area contributed by atoms with Gasteiger partial charge in [0.25, 0.3) is 5.91 Å². The molecule has 0 atom stereocenters. The zero-order chi connectivity index (χ0) is 15.9. The maximum Gasteiger partial charge on any atom is 0.259 e. The van der Waals surface area contributed by atoms with Crippen LogP contribution in [-0.2, 0) is 11.3 Å². The molecule has 116 valence electrons. The Morgan fingerprint density at radius 1 is 1.32 bits per heavy atom. The van der Waals surface area contributed by atoms with Gasteiger partial charge in [0.15, 0.2) is 6.61 Å². The summed E-state index contributed by atoms with van der Waals surface area (Å²) in [6, 6.07) is 11.1. The lowest BCUT2D eigenvalue weighted by atomic mass is 10.2. The van der Waals surface area contributed by atoms with Crippen molar-refractivity contribution in [1.29, 1.82) is 0 Å². The number of rotatable bonds is 6. The minimum atomic E-state index is -0.0772. The van der Waals surface area contributed by atoms with Crippen molar-refractivity contribution >= 4 is 23.3 Å². The number of halogens is 1. The number of carbonyl (C=O) groups excluding carboxylic acids is 1. The molecule has 2 aromatic rings. The predicted molar refractivity (Wildman–Crippen MR) is 87.2 cm³/mol. The third-order valence-electron chi connectivity index (χ3n) is 2.96.